The third-order valence-electron chi connectivity index (χ3n) is 6.54. The third kappa shape index (κ3) is 7.65. The fraction of sp³-hybridized carbons (Fsp3) is 0.520. The van der Waals surface area contributed by atoms with Crippen LogP contribution in [0.25, 0.3) is 0 Å². The number of hydrogen-bond acceptors (Lipinski definition) is 6. The van der Waals surface area contributed by atoms with Crippen molar-refractivity contribution in [2.45, 2.75) is 44.1 Å². The molecule has 4 rings (SSSR count). The first-order valence-electron chi connectivity index (χ1n) is 12.0. The van der Waals surface area contributed by atoms with E-state index in [9.17, 15) is 23.1 Å². The van der Waals surface area contributed by atoms with Crippen molar-refractivity contribution in [2.24, 2.45) is 0 Å². The summed E-state index contributed by atoms with van der Waals surface area (Å²) in [4.78, 5) is 20.5. The van der Waals surface area contributed by atoms with Crippen LogP contribution < -0.4 is 10.6 Å². The first-order valence-corrected chi connectivity index (χ1v) is 12.0. The van der Waals surface area contributed by atoms with Crippen molar-refractivity contribution in [1.29, 1.82) is 0 Å². The van der Waals surface area contributed by atoms with Crippen LogP contribution in [0.2, 0.25) is 0 Å². The van der Waals surface area contributed by atoms with Crippen molar-refractivity contribution < 1.29 is 23.1 Å². The van der Waals surface area contributed by atoms with Crippen LogP contribution in [0.3, 0.4) is 0 Å². The number of anilines is 1. The predicted molar refractivity (Wildman–Crippen MR) is 127 cm³/mol. The monoisotopic (exact) mass is 491 g/mol. The maximum Gasteiger partial charge on any atom is 0.401 e. The molecular weight excluding hydrogens is 459 g/mol. The number of halogens is 3. The van der Waals surface area contributed by atoms with Crippen molar-refractivity contribution in [3.63, 3.8) is 0 Å². The molecule has 1 atom stereocenters. The molecule has 1 fully saturated rings. The number of likely N-dealkylation sites (tertiary alicyclic amines) is 1. The highest BCUT2D eigenvalue weighted by atomic mass is 19.4. The van der Waals surface area contributed by atoms with Crippen LogP contribution >= 0.6 is 0 Å². The Bertz CT molecular complexity index is 995. The van der Waals surface area contributed by atoms with Crippen molar-refractivity contribution in [1.82, 2.24) is 20.1 Å². The molecule has 1 amide bonds. The summed E-state index contributed by atoms with van der Waals surface area (Å²) in [5, 5.41) is 16.5. The quantitative estimate of drug-likeness (QED) is 0.527. The zero-order valence-corrected chi connectivity index (χ0v) is 19.6. The molecule has 35 heavy (non-hydrogen) atoms. The van der Waals surface area contributed by atoms with Gasteiger partial charge in [-0.1, -0.05) is 24.3 Å². The van der Waals surface area contributed by atoms with E-state index in [1.54, 1.807) is 12.1 Å². The average Bonchev–Trinajstić information content (AvgIpc) is 2.83. The van der Waals surface area contributed by atoms with Gasteiger partial charge in [0.15, 0.2) is 0 Å². The molecule has 1 aromatic carbocycles. The number of nitrogens with one attached hydrogen (secondary N) is 2. The second-order valence-electron chi connectivity index (χ2n) is 9.36. The van der Waals surface area contributed by atoms with Crippen LogP contribution in [0, 0.1) is 0 Å². The fourth-order valence-electron chi connectivity index (χ4n) is 4.73. The van der Waals surface area contributed by atoms with Gasteiger partial charge in [-0.15, -0.1) is 0 Å². The number of piperidine rings is 1. The van der Waals surface area contributed by atoms with E-state index in [4.69, 9.17) is 0 Å². The Kier molecular flexibility index (Phi) is 8.25. The zero-order valence-electron chi connectivity index (χ0n) is 19.6. The van der Waals surface area contributed by atoms with E-state index in [0.29, 0.717) is 43.9 Å². The lowest BCUT2D eigenvalue weighted by atomic mass is 10.00. The van der Waals surface area contributed by atoms with Gasteiger partial charge >= 0.3 is 6.18 Å². The lowest BCUT2D eigenvalue weighted by Crippen LogP contribution is -2.43. The van der Waals surface area contributed by atoms with Gasteiger partial charge in [0.1, 0.15) is 5.82 Å². The van der Waals surface area contributed by atoms with Crippen molar-refractivity contribution in [3.05, 3.63) is 59.3 Å². The zero-order chi connectivity index (χ0) is 24.8. The Hall–Kier alpha value is -2.69. The van der Waals surface area contributed by atoms with Crippen molar-refractivity contribution in [2.75, 3.05) is 44.6 Å². The van der Waals surface area contributed by atoms with E-state index in [1.807, 2.05) is 12.1 Å². The van der Waals surface area contributed by atoms with Crippen LogP contribution in [0.5, 0.6) is 0 Å². The van der Waals surface area contributed by atoms with E-state index < -0.39 is 18.8 Å². The average molecular weight is 492 g/mol. The van der Waals surface area contributed by atoms with Gasteiger partial charge < -0.3 is 15.7 Å². The molecular formula is C25H32F3N5O2. The van der Waals surface area contributed by atoms with E-state index in [1.165, 1.54) is 22.2 Å². The molecule has 7 nitrogen and oxygen atoms in total. The van der Waals surface area contributed by atoms with Gasteiger partial charge in [0.25, 0.3) is 5.91 Å². The number of pyridine rings is 1. The molecule has 3 heterocycles. The molecule has 0 aliphatic carbocycles. The topological polar surface area (TPSA) is 80.7 Å². The molecule has 2 aromatic rings. The highest BCUT2D eigenvalue weighted by Crippen LogP contribution is 2.22. The number of aromatic nitrogens is 1. The molecule has 0 radical (unpaired) electrons. The SMILES string of the molecule is O=C(NC[C@H](O)CN1CCc2ccccc2C1)c1ccnc(NC2CCN(CC(F)(F)F)CC2)c1. The largest absolute Gasteiger partial charge is 0.401 e. The highest BCUT2D eigenvalue weighted by Gasteiger charge is 2.32. The normalized spacial score (nSPS) is 18.6. The maximum absolute atomic E-state index is 12.6. The predicted octanol–water partition coefficient (Wildman–Crippen LogP) is 2.67. The standard InChI is InChI=1S/C25H32F3N5O2/c26-25(27,28)17-32-11-7-21(8-12-32)31-23-13-19(5-9-29-23)24(35)30-14-22(34)16-33-10-6-18-3-1-2-4-20(18)15-33/h1-5,9,13,21-22,34H,6-8,10-12,14-17H2,(H,29,31)(H,30,35)/t22-/m0/s1. The van der Waals surface area contributed by atoms with Crippen LogP contribution in [0.15, 0.2) is 42.6 Å². The van der Waals surface area contributed by atoms with Gasteiger partial charge in [0.2, 0.25) is 0 Å². The lowest BCUT2D eigenvalue weighted by molar-refractivity contribution is -0.147. The number of fused-ring (bicyclic) bond motifs is 1. The summed E-state index contributed by atoms with van der Waals surface area (Å²) in [6, 6.07) is 11.5. The molecule has 2 aliphatic heterocycles. The Morgan fingerprint density at radius 1 is 1.11 bits per heavy atom. The van der Waals surface area contributed by atoms with Gasteiger partial charge in [-0.05, 0) is 42.5 Å². The number of benzene rings is 1. The lowest BCUT2D eigenvalue weighted by Gasteiger charge is -2.32. The highest BCUT2D eigenvalue weighted by molar-refractivity contribution is 5.94. The maximum atomic E-state index is 12.6. The number of carbonyl (C=O) groups is 1. The molecule has 1 aromatic heterocycles. The molecule has 0 spiro atoms. The number of hydrogen-bond donors (Lipinski definition) is 3. The summed E-state index contributed by atoms with van der Waals surface area (Å²) >= 11 is 0. The summed E-state index contributed by atoms with van der Waals surface area (Å²) in [5.74, 6) is 0.206. The van der Waals surface area contributed by atoms with Crippen LogP contribution in [-0.2, 0) is 13.0 Å². The van der Waals surface area contributed by atoms with E-state index in [-0.39, 0.29) is 18.5 Å². The van der Waals surface area contributed by atoms with Gasteiger partial charge in [-0.3, -0.25) is 14.6 Å². The first-order chi connectivity index (χ1) is 16.7. The van der Waals surface area contributed by atoms with Gasteiger partial charge in [0, 0.05) is 57.1 Å². The molecule has 0 unspecified atom stereocenters. The Morgan fingerprint density at radius 3 is 2.60 bits per heavy atom. The number of carbonyl (C=O) groups excluding carboxylic acids is 1. The summed E-state index contributed by atoms with van der Waals surface area (Å²) in [6.07, 6.45) is -1.26. The number of nitrogens with zero attached hydrogens (tertiary/aromatic N) is 3. The van der Waals surface area contributed by atoms with Crippen molar-refractivity contribution in [3.8, 4) is 0 Å². The van der Waals surface area contributed by atoms with E-state index >= 15 is 0 Å². The third-order valence-corrected chi connectivity index (χ3v) is 6.54. The van der Waals surface area contributed by atoms with E-state index in [2.05, 4.69) is 32.7 Å². The Balaban J connectivity index is 1.21. The Morgan fingerprint density at radius 2 is 1.86 bits per heavy atom. The molecule has 1 saturated heterocycles. The molecule has 2 aliphatic rings. The summed E-state index contributed by atoms with van der Waals surface area (Å²) in [7, 11) is 0. The number of β-amino-alcohol motifs (C(OH)–C–C–N with tert-alkyl or cyclic N) is 1. The van der Waals surface area contributed by atoms with Crippen molar-refractivity contribution >= 4 is 11.7 Å². The summed E-state index contributed by atoms with van der Waals surface area (Å²) in [5.41, 5.74) is 3.04. The molecule has 3 N–H and O–H groups in total. The number of rotatable bonds is 8. The second-order valence-corrected chi connectivity index (χ2v) is 9.36. The fourth-order valence-corrected chi connectivity index (χ4v) is 4.73. The second kappa shape index (κ2) is 11.4. The van der Waals surface area contributed by atoms with Gasteiger partial charge in [-0.25, -0.2) is 4.98 Å². The van der Waals surface area contributed by atoms with Crippen LogP contribution in [0.4, 0.5) is 19.0 Å². The van der Waals surface area contributed by atoms with Crippen LogP contribution in [-0.4, -0.2) is 83.4 Å². The van der Waals surface area contributed by atoms with Gasteiger partial charge in [-0.2, -0.15) is 13.2 Å². The minimum Gasteiger partial charge on any atom is -0.390 e. The minimum absolute atomic E-state index is 0.00166. The number of aliphatic hydroxyl groups is 1. The number of aliphatic hydroxyl groups excluding tert-OH is 1. The summed E-state index contributed by atoms with van der Waals surface area (Å²) < 4.78 is 37.7. The Labute approximate surface area is 203 Å². The number of amides is 1. The number of alkyl halides is 3. The van der Waals surface area contributed by atoms with Crippen LogP contribution in [0.1, 0.15) is 34.3 Å². The van der Waals surface area contributed by atoms with E-state index in [0.717, 1.165) is 19.5 Å². The minimum atomic E-state index is -4.18. The molecule has 0 bridgehead atoms. The summed E-state index contributed by atoms with van der Waals surface area (Å²) in [6.45, 7) is 2.11. The smallest absolute Gasteiger partial charge is 0.390 e. The first kappa shape index (κ1) is 25.4. The molecule has 190 valence electrons. The molecule has 10 heteroatoms. The molecule has 0 saturated carbocycles. The van der Waals surface area contributed by atoms with Gasteiger partial charge in [0.05, 0.1) is 12.6 Å².